The molecular weight excluding hydrogens is 193 g/mol. The van der Waals surface area contributed by atoms with Gasteiger partial charge in [-0.2, -0.15) is 5.26 Å². The third kappa shape index (κ3) is 1.90. The highest BCUT2D eigenvalue weighted by molar-refractivity contribution is 6.32. The topological polar surface area (TPSA) is 44.0 Å². The normalized spacial score (nSPS) is 12.2. The molecule has 0 spiro atoms. The Hall–Kier alpha value is -1.27. The van der Waals surface area contributed by atoms with Crippen molar-refractivity contribution in [3.63, 3.8) is 0 Å². The monoisotopic (exact) mass is 199 g/mol. The Morgan fingerprint density at radius 2 is 2.23 bits per heavy atom. The van der Waals surface area contributed by atoms with E-state index in [0.29, 0.717) is 0 Å². The molecule has 1 N–H and O–H groups in total. The Bertz CT molecular complexity index is 373. The summed E-state index contributed by atoms with van der Waals surface area (Å²) in [4.78, 5) is 0. The summed E-state index contributed by atoms with van der Waals surface area (Å²) in [6, 6.07) is 4.06. The number of aromatic hydroxyl groups is 1. The summed E-state index contributed by atoms with van der Waals surface area (Å²) in [5, 5.41) is 17.6. The first-order chi connectivity index (χ1) is 6.06. The summed E-state index contributed by atoms with van der Waals surface area (Å²) in [7, 11) is 0. The van der Waals surface area contributed by atoms with Gasteiger partial charge in [0.25, 0.3) is 0 Å². The second-order valence-electron chi connectivity index (χ2n) is 2.68. The van der Waals surface area contributed by atoms with Gasteiger partial charge in [-0.05, 0) is 13.0 Å². The molecule has 1 rings (SSSR count). The summed E-state index contributed by atoms with van der Waals surface area (Å²) in [6.45, 7) is 1.56. The number of hydrogen-bond donors (Lipinski definition) is 1. The minimum atomic E-state index is -0.615. The Kier molecular flexibility index (Phi) is 2.74. The number of phenolic OH excluding ortho intramolecular Hbond substituents is 1. The molecule has 1 unspecified atom stereocenters. The van der Waals surface area contributed by atoms with Crippen molar-refractivity contribution in [2.45, 2.75) is 12.8 Å². The van der Waals surface area contributed by atoms with Gasteiger partial charge in [0.2, 0.25) is 0 Å². The van der Waals surface area contributed by atoms with Crippen LogP contribution in [-0.4, -0.2) is 5.11 Å². The molecule has 0 amide bonds. The van der Waals surface area contributed by atoms with Gasteiger partial charge >= 0.3 is 0 Å². The van der Waals surface area contributed by atoms with E-state index in [1.165, 1.54) is 6.07 Å². The van der Waals surface area contributed by atoms with Crippen LogP contribution in [0.4, 0.5) is 4.39 Å². The number of nitrogens with zero attached hydrogens (tertiary/aromatic N) is 1. The quantitative estimate of drug-likeness (QED) is 0.756. The van der Waals surface area contributed by atoms with Crippen molar-refractivity contribution in [3.05, 3.63) is 28.5 Å². The molecule has 0 heterocycles. The van der Waals surface area contributed by atoms with Crippen LogP contribution in [0.3, 0.4) is 0 Å². The first-order valence-electron chi connectivity index (χ1n) is 3.63. The van der Waals surface area contributed by atoms with Gasteiger partial charge in [0.1, 0.15) is 11.6 Å². The maximum Gasteiger partial charge on any atom is 0.137 e. The van der Waals surface area contributed by atoms with Gasteiger partial charge in [-0.1, -0.05) is 11.6 Å². The lowest BCUT2D eigenvalue weighted by Gasteiger charge is -2.06. The van der Waals surface area contributed by atoms with Crippen LogP contribution in [0.1, 0.15) is 18.4 Å². The van der Waals surface area contributed by atoms with Crippen LogP contribution in [-0.2, 0) is 0 Å². The van der Waals surface area contributed by atoms with E-state index >= 15 is 0 Å². The zero-order valence-electron chi connectivity index (χ0n) is 6.88. The zero-order chi connectivity index (χ0) is 10.0. The highest BCUT2D eigenvalue weighted by Gasteiger charge is 2.13. The van der Waals surface area contributed by atoms with Gasteiger partial charge in [0.05, 0.1) is 17.0 Å². The Morgan fingerprint density at radius 1 is 1.62 bits per heavy atom. The van der Waals surface area contributed by atoms with Crippen molar-refractivity contribution in [2.75, 3.05) is 0 Å². The molecule has 0 saturated carbocycles. The molecule has 0 bridgehead atoms. The Labute approximate surface area is 80.2 Å². The average molecular weight is 200 g/mol. The standard InChI is InChI=1S/C9H7ClFNO/c1-5(4-12)6-2-7(10)9(13)3-8(6)11/h2-3,5,13H,1H3. The summed E-state index contributed by atoms with van der Waals surface area (Å²) in [5.41, 5.74) is 0.199. The van der Waals surface area contributed by atoms with Crippen LogP contribution in [0.5, 0.6) is 5.75 Å². The number of benzene rings is 1. The van der Waals surface area contributed by atoms with Crippen molar-refractivity contribution >= 4 is 11.6 Å². The lowest BCUT2D eigenvalue weighted by atomic mass is 10.0. The second kappa shape index (κ2) is 3.63. The largest absolute Gasteiger partial charge is 0.506 e. The van der Waals surface area contributed by atoms with E-state index in [0.717, 1.165) is 6.07 Å². The zero-order valence-corrected chi connectivity index (χ0v) is 7.64. The van der Waals surface area contributed by atoms with Crippen molar-refractivity contribution < 1.29 is 9.50 Å². The van der Waals surface area contributed by atoms with E-state index in [1.54, 1.807) is 6.92 Å². The van der Waals surface area contributed by atoms with Gasteiger partial charge in [0, 0.05) is 11.6 Å². The van der Waals surface area contributed by atoms with E-state index in [1.807, 2.05) is 6.07 Å². The van der Waals surface area contributed by atoms with E-state index in [9.17, 15) is 4.39 Å². The Morgan fingerprint density at radius 3 is 2.77 bits per heavy atom. The fourth-order valence-electron chi connectivity index (χ4n) is 0.953. The molecule has 0 aromatic heterocycles. The number of nitriles is 1. The van der Waals surface area contributed by atoms with Crippen LogP contribution in [0.15, 0.2) is 12.1 Å². The number of rotatable bonds is 1. The molecule has 0 aliphatic carbocycles. The molecular formula is C9H7ClFNO. The molecule has 1 aromatic carbocycles. The van der Waals surface area contributed by atoms with E-state index in [2.05, 4.69) is 0 Å². The predicted octanol–water partition coefficient (Wildman–Crippen LogP) is 2.81. The molecule has 1 aromatic rings. The molecule has 13 heavy (non-hydrogen) atoms. The van der Waals surface area contributed by atoms with Gasteiger partial charge in [-0.3, -0.25) is 0 Å². The van der Waals surface area contributed by atoms with Crippen LogP contribution < -0.4 is 0 Å². The van der Waals surface area contributed by atoms with Crippen LogP contribution >= 0.6 is 11.6 Å². The van der Waals surface area contributed by atoms with Crippen LogP contribution in [0.25, 0.3) is 0 Å². The molecule has 2 nitrogen and oxygen atoms in total. The number of phenols is 1. The first kappa shape index (κ1) is 9.82. The molecule has 4 heteroatoms. The minimum absolute atomic E-state index is 0.0542. The fourth-order valence-corrected chi connectivity index (χ4v) is 1.13. The molecule has 0 aliphatic rings. The fraction of sp³-hybridized carbons (Fsp3) is 0.222. The highest BCUT2D eigenvalue weighted by Crippen LogP contribution is 2.29. The molecule has 0 radical (unpaired) electrons. The maximum absolute atomic E-state index is 13.1. The van der Waals surface area contributed by atoms with Crippen molar-refractivity contribution in [3.8, 4) is 11.8 Å². The van der Waals surface area contributed by atoms with Gasteiger partial charge in [0.15, 0.2) is 0 Å². The summed E-state index contributed by atoms with van der Waals surface area (Å²) in [6.07, 6.45) is 0. The highest BCUT2D eigenvalue weighted by atomic mass is 35.5. The number of halogens is 2. The Balaban J connectivity index is 3.25. The molecule has 1 atom stereocenters. The summed E-state index contributed by atoms with van der Waals surface area (Å²) in [5.74, 6) is -1.50. The maximum atomic E-state index is 13.1. The predicted molar refractivity (Wildman–Crippen MR) is 47.1 cm³/mol. The van der Waals surface area contributed by atoms with Crippen LogP contribution in [0.2, 0.25) is 5.02 Å². The summed E-state index contributed by atoms with van der Waals surface area (Å²) >= 11 is 5.56. The molecule has 0 saturated heterocycles. The van der Waals surface area contributed by atoms with Gasteiger partial charge < -0.3 is 5.11 Å². The molecule has 0 aliphatic heterocycles. The van der Waals surface area contributed by atoms with Crippen LogP contribution in [0, 0.1) is 17.1 Å². The van der Waals surface area contributed by atoms with Crippen molar-refractivity contribution in [1.82, 2.24) is 0 Å². The van der Waals surface area contributed by atoms with Gasteiger partial charge in [-0.15, -0.1) is 0 Å². The lowest BCUT2D eigenvalue weighted by Crippen LogP contribution is -1.94. The van der Waals surface area contributed by atoms with E-state index < -0.39 is 11.7 Å². The van der Waals surface area contributed by atoms with Crippen molar-refractivity contribution in [2.24, 2.45) is 0 Å². The second-order valence-corrected chi connectivity index (χ2v) is 3.08. The smallest absolute Gasteiger partial charge is 0.137 e. The van der Waals surface area contributed by atoms with E-state index in [-0.39, 0.29) is 16.3 Å². The lowest BCUT2D eigenvalue weighted by molar-refractivity contribution is 0.468. The molecule has 68 valence electrons. The third-order valence-corrected chi connectivity index (χ3v) is 2.03. The van der Waals surface area contributed by atoms with E-state index in [4.69, 9.17) is 22.0 Å². The first-order valence-corrected chi connectivity index (χ1v) is 4.01. The SMILES string of the molecule is CC(C#N)c1cc(Cl)c(O)cc1F. The number of hydrogen-bond acceptors (Lipinski definition) is 2. The molecule has 0 fully saturated rings. The average Bonchev–Trinajstić information content (AvgIpc) is 2.10. The minimum Gasteiger partial charge on any atom is -0.506 e. The third-order valence-electron chi connectivity index (χ3n) is 1.73. The van der Waals surface area contributed by atoms with Crippen molar-refractivity contribution in [1.29, 1.82) is 5.26 Å². The summed E-state index contributed by atoms with van der Waals surface area (Å²) < 4.78 is 13.1. The van der Waals surface area contributed by atoms with Gasteiger partial charge in [-0.25, -0.2) is 4.39 Å².